The van der Waals surface area contributed by atoms with E-state index >= 15 is 0 Å². The predicted octanol–water partition coefficient (Wildman–Crippen LogP) is 3.93. The van der Waals surface area contributed by atoms with Gasteiger partial charge in [0.2, 0.25) is 0 Å². The Labute approximate surface area is 176 Å². The zero-order chi connectivity index (χ0) is 17.0. The maximum atomic E-state index is 8.68. The Morgan fingerprint density at radius 2 is 1.62 bits per heavy atom. The molecule has 2 aromatic rings. The number of hydrogen-bond donors (Lipinski definition) is 3. The lowest BCUT2D eigenvalue weighted by molar-refractivity contribution is 0.292. The van der Waals surface area contributed by atoms with E-state index in [4.69, 9.17) is 9.84 Å². The van der Waals surface area contributed by atoms with Gasteiger partial charge in [0.15, 0.2) is 0 Å². The van der Waals surface area contributed by atoms with Gasteiger partial charge >= 0.3 is 0 Å². The van der Waals surface area contributed by atoms with Crippen molar-refractivity contribution in [3.8, 4) is 5.75 Å². The average Bonchev–Trinajstić information content (AvgIpc) is 2.61. The normalized spacial score (nSPS) is 9.92. The van der Waals surface area contributed by atoms with Crippen LogP contribution in [-0.4, -0.2) is 31.3 Å². The predicted molar refractivity (Wildman–Crippen MR) is 116 cm³/mol. The van der Waals surface area contributed by atoms with E-state index in [0.717, 1.165) is 41.8 Å². The van der Waals surface area contributed by atoms with E-state index in [0.29, 0.717) is 13.2 Å². The van der Waals surface area contributed by atoms with Gasteiger partial charge in [-0.3, -0.25) is 0 Å². The van der Waals surface area contributed by atoms with Crippen molar-refractivity contribution in [2.24, 2.45) is 0 Å². The van der Waals surface area contributed by atoms with E-state index in [1.54, 1.807) is 0 Å². The summed E-state index contributed by atoms with van der Waals surface area (Å²) in [6.07, 6.45) is 1.04. The summed E-state index contributed by atoms with van der Waals surface area (Å²) in [7, 11) is 0. The molecule has 0 atom stereocenters. The molecule has 2 aromatic carbocycles. The second kappa shape index (κ2) is 15.3. The lowest BCUT2D eigenvalue weighted by Gasteiger charge is -2.11. The number of rotatable bonds is 11. The molecule has 0 amide bonds. The SMILES string of the molecule is Cl.Cl.OCCNCCCNCc1ccc(OCc2ccccc2)c(Br)c1. The molecular formula is C19H27BrCl2N2O2. The summed E-state index contributed by atoms with van der Waals surface area (Å²) in [6.45, 7) is 4.12. The van der Waals surface area contributed by atoms with Crippen molar-refractivity contribution in [2.75, 3.05) is 26.2 Å². The number of benzene rings is 2. The second-order valence-electron chi connectivity index (χ2n) is 5.54. The molecule has 26 heavy (non-hydrogen) atoms. The molecule has 0 radical (unpaired) electrons. The van der Waals surface area contributed by atoms with E-state index in [2.05, 4.69) is 50.8 Å². The number of ether oxygens (including phenoxy) is 1. The van der Waals surface area contributed by atoms with Crippen LogP contribution in [0.1, 0.15) is 17.5 Å². The van der Waals surface area contributed by atoms with Crippen molar-refractivity contribution < 1.29 is 9.84 Å². The minimum atomic E-state index is 0. The van der Waals surface area contributed by atoms with Gasteiger partial charge in [-0.25, -0.2) is 0 Å². The molecule has 0 saturated carbocycles. The van der Waals surface area contributed by atoms with Crippen molar-refractivity contribution in [1.82, 2.24) is 10.6 Å². The molecule has 3 N–H and O–H groups in total. The third-order valence-electron chi connectivity index (χ3n) is 3.56. The van der Waals surface area contributed by atoms with Crippen molar-refractivity contribution in [2.45, 2.75) is 19.6 Å². The first-order valence-electron chi connectivity index (χ1n) is 8.27. The molecule has 0 aromatic heterocycles. The third kappa shape index (κ3) is 9.76. The highest BCUT2D eigenvalue weighted by Crippen LogP contribution is 2.26. The van der Waals surface area contributed by atoms with Crippen molar-refractivity contribution in [3.05, 3.63) is 64.1 Å². The summed E-state index contributed by atoms with van der Waals surface area (Å²) in [5.41, 5.74) is 2.38. The number of hydrogen-bond acceptors (Lipinski definition) is 4. The largest absolute Gasteiger partial charge is 0.488 e. The maximum Gasteiger partial charge on any atom is 0.134 e. The summed E-state index contributed by atoms with van der Waals surface area (Å²) < 4.78 is 6.84. The topological polar surface area (TPSA) is 53.5 Å². The lowest BCUT2D eigenvalue weighted by atomic mass is 10.2. The van der Waals surface area contributed by atoms with Gasteiger partial charge in [-0.1, -0.05) is 36.4 Å². The highest BCUT2D eigenvalue weighted by molar-refractivity contribution is 9.10. The molecule has 2 rings (SSSR count). The minimum Gasteiger partial charge on any atom is -0.488 e. The van der Waals surface area contributed by atoms with Gasteiger partial charge in [0.1, 0.15) is 12.4 Å². The van der Waals surface area contributed by atoms with E-state index in [1.807, 2.05) is 24.3 Å². The third-order valence-corrected chi connectivity index (χ3v) is 4.18. The Hall–Kier alpha value is -0.820. The highest BCUT2D eigenvalue weighted by atomic mass is 79.9. The Bertz CT molecular complexity index is 603. The van der Waals surface area contributed by atoms with Gasteiger partial charge in [-0.2, -0.15) is 0 Å². The standard InChI is InChI=1S/C19H25BrN2O2.2ClH/c20-18-13-17(14-22-10-4-9-21-11-12-23)7-8-19(18)24-15-16-5-2-1-3-6-16;;/h1-3,5-8,13,21-23H,4,9-12,14-15H2;2*1H. The van der Waals surface area contributed by atoms with Crippen LogP contribution in [-0.2, 0) is 13.2 Å². The van der Waals surface area contributed by atoms with Crippen LogP contribution in [0.25, 0.3) is 0 Å². The fraction of sp³-hybridized carbons (Fsp3) is 0.368. The van der Waals surface area contributed by atoms with E-state index < -0.39 is 0 Å². The Morgan fingerprint density at radius 1 is 0.885 bits per heavy atom. The summed E-state index contributed by atoms with van der Waals surface area (Å²) in [6, 6.07) is 16.3. The molecule has 0 aliphatic carbocycles. The van der Waals surface area contributed by atoms with Gasteiger partial charge < -0.3 is 20.5 Å². The highest BCUT2D eigenvalue weighted by Gasteiger charge is 2.03. The second-order valence-corrected chi connectivity index (χ2v) is 6.40. The first-order chi connectivity index (χ1) is 11.8. The number of halogens is 3. The summed E-state index contributed by atoms with van der Waals surface area (Å²) >= 11 is 3.59. The molecule has 0 aliphatic rings. The van der Waals surface area contributed by atoms with E-state index in [-0.39, 0.29) is 31.4 Å². The fourth-order valence-corrected chi connectivity index (χ4v) is 2.82. The van der Waals surface area contributed by atoms with Crippen LogP contribution in [0, 0.1) is 0 Å². The quantitative estimate of drug-likeness (QED) is 0.440. The van der Waals surface area contributed by atoms with Gasteiger partial charge in [0, 0.05) is 13.1 Å². The van der Waals surface area contributed by atoms with Crippen LogP contribution in [0.4, 0.5) is 0 Å². The lowest BCUT2D eigenvalue weighted by Crippen LogP contribution is -2.23. The van der Waals surface area contributed by atoms with Gasteiger partial charge in [-0.05, 0) is 58.7 Å². The molecule has 4 nitrogen and oxygen atoms in total. The van der Waals surface area contributed by atoms with Gasteiger partial charge in [0.25, 0.3) is 0 Å². The van der Waals surface area contributed by atoms with Gasteiger partial charge in [-0.15, -0.1) is 24.8 Å². The zero-order valence-electron chi connectivity index (χ0n) is 14.6. The molecule has 0 bridgehead atoms. The molecule has 0 spiro atoms. The molecule has 0 heterocycles. The molecule has 0 saturated heterocycles. The first-order valence-corrected chi connectivity index (χ1v) is 9.06. The fourth-order valence-electron chi connectivity index (χ4n) is 2.28. The van der Waals surface area contributed by atoms with Crippen LogP contribution in [0.2, 0.25) is 0 Å². The zero-order valence-corrected chi connectivity index (χ0v) is 17.8. The van der Waals surface area contributed by atoms with Crippen molar-refractivity contribution in [1.29, 1.82) is 0 Å². The maximum absolute atomic E-state index is 8.68. The molecule has 0 unspecified atom stereocenters. The van der Waals surface area contributed by atoms with Crippen LogP contribution in [0.15, 0.2) is 53.0 Å². The van der Waals surface area contributed by atoms with Crippen molar-refractivity contribution in [3.63, 3.8) is 0 Å². The van der Waals surface area contributed by atoms with E-state index in [9.17, 15) is 0 Å². The smallest absolute Gasteiger partial charge is 0.134 e. The molecular weight excluding hydrogens is 439 g/mol. The summed E-state index contributed by atoms with van der Waals surface area (Å²) in [5.74, 6) is 0.857. The Balaban J connectivity index is 0.00000312. The first kappa shape index (κ1) is 25.2. The van der Waals surface area contributed by atoms with Crippen LogP contribution >= 0.6 is 40.7 Å². The monoisotopic (exact) mass is 464 g/mol. The van der Waals surface area contributed by atoms with Crippen LogP contribution < -0.4 is 15.4 Å². The average molecular weight is 466 g/mol. The molecule has 7 heteroatoms. The van der Waals surface area contributed by atoms with Crippen molar-refractivity contribution >= 4 is 40.7 Å². The van der Waals surface area contributed by atoms with Crippen LogP contribution in [0.3, 0.4) is 0 Å². The summed E-state index contributed by atoms with van der Waals surface area (Å²) in [5, 5.41) is 15.3. The van der Waals surface area contributed by atoms with E-state index in [1.165, 1.54) is 5.56 Å². The Kier molecular flexibility index (Phi) is 14.8. The molecule has 146 valence electrons. The van der Waals surface area contributed by atoms with Crippen LogP contribution in [0.5, 0.6) is 5.75 Å². The Morgan fingerprint density at radius 3 is 2.31 bits per heavy atom. The number of nitrogens with one attached hydrogen (secondary N) is 2. The minimum absolute atomic E-state index is 0. The number of aliphatic hydroxyl groups excluding tert-OH is 1. The molecule has 0 aliphatic heterocycles. The van der Waals surface area contributed by atoms with Gasteiger partial charge in [0.05, 0.1) is 11.1 Å². The summed E-state index contributed by atoms with van der Waals surface area (Å²) in [4.78, 5) is 0. The molecule has 0 fully saturated rings. The number of aliphatic hydroxyl groups is 1.